The molecule has 1 aromatic rings. The predicted molar refractivity (Wildman–Crippen MR) is 97.7 cm³/mol. The highest BCUT2D eigenvalue weighted by molar-refractivity contribution is 5.85. The summed E-state index contributed by atoms with van der Waals surface area (Å²) in [5, 5.41) is 12.0. The second-order valence-electron chi connectivity index (χ2n) is 6.45. The van der Waals surface area contributed by atoms with Crippen molar-refractivity contribution in [2.75, 3.05) is 27.3 Å². The quantitative estimate of drug-likeness (QED) is 0.714. The van der Waals surface area contributed by atoms with Crippen molar-refractivity contribution in [1.82, 2.24) is 10.2 Å². The molecule has 1 atom stereocenters. The van der Waals surface area contributed by atoms with Gasteiger partial charge in [-0.05, 0) is 25.0 Å². The SMILES string of the molecule is COc1ccc(C(CC(=O)O)NC(=O)CN2CCCCCC2=O)c(OC)c1. The van der Waals surface area contributed by atoms with Gasteiger partial charge in [0, 0.05) is 24.6 Å². The summed E-state index contributed by atoms with van der Waals surface area (Å²) in [6, 6.07) is 4.20. The van der Waals surface area contributed by atoms with Gasteiger partial charge in [-0.3, -0.25) is 14.4 Å². The van der Waals surface area contributed by atoms with Crippen LogP contribution in [0.4, 0.5) is 0 Å². The molecule has 2 amide bonds. The van der Waals surface area contributed by atoms with Gasteiger partial charge in [0.05, 0.1) is 33.2 Å². The lowest BCUT2D eigenvalue weighted by Crippen LogP contribution is -2.42. The number of carboxylic acids is 1. The van der Waals surface area contributed by atoms with Crippen LogP contribution in [0.2, 0.25) is 0 Å². The van der Waals surface area contributed by atoms with Crippen molar-refractivity contribution in [1.29, 1.82) is 0 Å². The highest BCUT2D eigenvalue weighted by atomic mass is 16.5. The summed E-state index contributed by atoms with van der Waals surface area (Å²) < 4.78 is 10.5. The molecule has 2 N–H and O–H groups in total. The van der Waals surface area contributed by atoms with E-state index in [0.29, 0.717) is 30.0 Å². The molecular formula is C19H26N2O6. The summed E-state index contributed by atoms with van der Waals surface area (Å²) in [7, 11) is 2.98. The maximum atomic E-state index is 12.5. The third kappa shape index (κ3) is 5.87. The minimum atomic E-state index is -1.05. The molecule has 1 fully saturated rings. The third-order valence-corrected chi connectivity index (χ3v) is 4.54. The molecule has 2 rings (SSSR count). The Balaban J connectivity index is 2.15. The first-order valence-corrected chi connectivity index (χ1v) is 8.95. The molecule has 8 nitrogen and oxygen atoms in total. The summed E-state index contributed by atoms with van der Waals surface area (Å²) in [6.45, 7) is 0.467. The smallest absolute Gasteiger partial charge is 0.305 e. The molecule has 1 unspecified atom stereocenters. The molecule has 0 bridgehead atoms. The Morgan fingerprint density at radius 1 is 1.22 bits per heavy atom. The van der Waals surface area contributed by atoms with E-state index >= 15 is 0 Å². The zero-order chi connectivity index (χ0) is 19.8. The normalized spacial score (nSPS) is 15.6. The van der Waals surface area contributed by atoms with E-state index in [2.05, 4.69) is 5.32 Å². The number of benzene rings is 1. The van der Waals surface area contributed by atoms with Crippen molar-refractivity contribution in [2.45, 2.75) is 38.1 Å². The molecule has 0 radical (unpaired) electrons. The minimum absolute atomic E-state index is 0.0422. The summed E-state index contributed by atoms with van der Waals surface area (Å²) in [5.74, 6) is -0.504. The van der Waals surface area contributed by atoms with Gasteiger partial charge in [0.15, 0.2) is 0 Å². The number of nitrogens with one attached hydrogen (secondary N) is 1. The van der Waals surface area contributed by atoms with Gasteiger partial charge in [0.25, 0.3) is 0 Å². The number of hydrogen-bond donors (Lipinski definition) is 2. The van der Waals surface area contributed by atoms with Crippen LogP contribution in [0.3, 0.4) is 0 Å². The van der Waals surface area contributed by atoms with E-state index in [9.17, 15) is 19.5 Å². The molecule has 1 heterocycles. The molecule has 0 saturated carbocycles. The van der Waals surface area contributed by atoms with Crippen molar-refractivity contribution in [3.8, 4) is 11.5 Å². The fourth-order valence-corrected chi connectivity index (χ4v) is 3.14. The fraction of sp³-hybridized carbons (Fsp3) is 0.526. The van der Waals surface area contributed by atoms with Gasteiger partial charge in [0.1, 0.15) is 11.5 Å². The lowest BCUT2D eigenvalue weighted by molar-refractivity contribution is -0.139. The average molecular weight is 378 g/mol. The standard InChI is InChI=1S/C19H26N2O6/c1-26-13-7-8-14(16(10-13)27-2)15(11-19(24)25)20-17(22)12-21-9-5-3-4-6-18(21)23/h7-8,10,15H,3-6,9,11-12H2,1-2H3,(H,20,22)(H,24,25). The molecule has 148 valence electrons. The third-order valence-electron chi connectivity index (χ3n) is 4.54. The number of hydrogen-bond acceptors (Lipinski definition) is 5. The van der Waals surface area contributed by atoms with Crippen LogP contribution in [0.5, 0.6) is 11.5 Å². The topological polar surface area (TPSA) is 105 Å². The van der Waals surface area contributed by atoms with Crippen molar-refractivity contribution in [3.63, 3.8) is 0 Å². The van der Waals surface area contributed by atoms with Crippen LogP contribution in [0.25, 0.3) is 0 Å². The van der Waals surface area contributed by atoms with Crippen LogP contribution in [0, 0.1) is 0 Å². The van der Waals surface area contributed by atoms with Crippen LogP contribution < -0.4 is 14.8 Å². The van der Waals surface area contributed by atoms with E-state index in [1.165, 1.54) is 19.1 Å². The molecule has 1 aliphatic heterocycles. The molecule has 0 aliphatic carbocycles. The van der Waals surface area contributed by atoms with Crippen LogP contribution in [-0.4, -0.2) is 55.1 Å². The molecule has 8 heteroatoms. The van der Waals surface area contributed by atoms with E-state index in [0.717, 1.165) is 19.3 Å². The predicted octanol–water partition coefficient (Wildman–Crippen LogP) is 1.74. The van der Waals surface area contributed by atoms with Crippen molar-refractivity contribution in [3.05, 3.63) is 23.8 Å². The number of rotatable bonds is 8. The molecule has 1 aliphatic rings. The lowest BCUT2D eigenvalue weighted by atomic mass is 10.0. The highest BCUT2D eigenvalue weighted by Gasteiger charge is 2.25. The number of aliphatic carboxylic acids is 1. The number of likely N-dealkylation sites (tertiary alicyclic amines) is 1. The largest absolute Gasteiger partial charge is 0.497 e. The number of amides is 2. The lowest BCUT2D eigenvalue weighted by Gasteiger charge is -2.24. The summed E-state index contributed by atoms with van der Waals surface area (Å²) in [5.41, 5.74) is 0.538. The zero-order valence-corrected chi connectivity index (χ0v) is 15.7. The van der Waals surface area contributed by atoms with Crippen molar-refractivity contribution < 1.29 is 29.0 Å². The highest BCUT2D eigenvalue weighted by Crippen LogP contribution is 2.31. The van der Waals surface area contributed by atoms with Crippen molar-refractivity contribution >= 4 is 17.8 Å². The first kappa shape index (κ1) is 20.5. The number of ether oxygens (including phenoxy) is 2. The van der Waals surface area contributed by atoms with E-state index in [1.54, 1.807) is 18.2 Å². The molecule has 1 aromatic carbocycles. The fourth-order valence-electron chi connectivity index (χ4n) is 3.14. The van der Waals surface area contributed by atoms with Crippen LogP contribution in [0.15, 0.2) is 18.2 Å². The molecule has 27 heavy (non-hydrogen) atoms. The van der Waals surface area contributed by atoms with Gasteiger partial charge in [-0.25, -0.2) is 0 Å². The van der Waals surface area contributed by atoms with E-state index in [4.69, 9.17) is 9.47 Å². The first-order valence-electron chi connectivity index (χ1n) is 8.95. The Bertz CT molecular complexity index is 691. The summed E-state index contributed by atoms with van der Waals surface area (Å²) in [4.78, 5) is 37.4. The van der Waals surface area contributed by atoms with Gasteiger partial charge in [-0.2, -0.15) is 0 Å². The van der Waals surface area contributed by atoms with Gasteiger partial charge in [0.2, 0.25) is 11.8 Å². The number of methoxy groups -OCH3 is 2. The van der Waals surface area contributed by atoms with Gasteiger partial charge in [-0.1, -0.05) is 6.42 Å². The number of carbonyl (C=O) groups is 3. The first-order chi connectivity index (χ1) is 12.9. The molecule has 0 aromatic heterocycles. The molecule has 0 spiro atoms. The van der Waals surface area contributed by atoms with Crippen LogP contribution >= 0.6 is 0 Å². The number of carbonyl (C=O) groups excluding carboxylic acids is 2. The number of carboxylic acid groups (broad SMARTS) is 1. The Kier molecular flexibility index (Phi) is 7.45. The van der Waals surface area contributed by atoms with Gasteiger partial charge in [-0.15, -0.1) is 0 Å². The summed E-state index contributed by atoms with van der Waals surface area (Å²) >= 11 is 0. The van der Waals surface area contributed by atoms with Gasteiger partial charge < -0.3 is 24.8 Å². The van der Waals surface area contributed by atoms with Crippen LogP contribution in [-0.2, 0) is 14.4 Å². The Morgan fingerprint density at radius 3 is 2.67 bits per heavy atom. The number of nitrogens with zero attached hydrogens (tertiary/aromatic N) is 1. The average Bonchev–Trinajstić information content (AvgIpc) is 2.84. The van der Waals surface area contributed by atoms with Gasteiger partial charge >= 0.3 is 5.97 Å². The monoisotopic (exact) mass is 378 g/mol. The van der Waals surface area contributed by atoms with E-state index < -0.39 is 17.9 Å². The van der Waals surface area contributed by atoms with Crippen LogP contribution in [0.1, 0.15) is 43.7 Å². The van der Waals surface area contributed by atoms with E-state index in [-0.39, 0.29) is 18.9 Å². The Morgan fingerprint density at radius 2 is 2.00 bits per heavy atom. The van der Waals surface area contributed by atoms with Crippen molar-refractivity contribution in [2.24, 2.45) is 0 Å². The second kappa shape index (κ2) is 9.80. The molecule has 1 saturated heterocycles. The maximum absolute atomic E-state index is 12.5. The van der Waals surface area contributed by atoms with E-state index in [1.807, 2.05) is 0 Å². The zero-order valence-electron chi connectivity index (χ0n) is 15.7. The minimum Gasteiger partial charge on any atom is -0.497 e. The Hall–Kier alpha value is -2.77. The Labute approximate surface area is 158 Å². The molecular weight excluding hydrogens is 352 g/mol. The maximum Gasteiger partial charge on any atom is 0.305 e. The summed E-state index contributed by atoms with van der Waals surface area (Å²) in [6.07, 6.45) is 2.81. The second-order valence-corrected chi connectivity index (χ2v) is 6.45.